The SMILES string of the molecule is CN1C(=O)[C@@H](c2ccccc2)CC12CCN(Cc1cccs1)CC2. The summed E-state index contributed by atoms with van der Waals surface area (Å²) in [7, 11) is 2.01. The molecule has 1 aromatic heterocycles. The number of nitrogens with zero attached hydrogens (tertiary/aromatic N) is 2. The summed E-state index contributed by atoms with van der Waals surface area (Å²) in [6.45, 7) is 3.21. The molecule has 0 saturated carbocycles. The first-order valence-corrected chi connectivity index (χ1v) is 9.63. The molecule has 3 nitrogen and oxygen atoms in total. The first-order chi connectivity index (χ1) is 11.7. The highest BCUT2D eigenvalue weighted by Gasteiger charge is 2.50. The van der Waals surface area contributed by atoms with Crippen LogP contribution in [0, 0.1) is 0 Å². The van der Waals surface area contributed by atoms with E-state index in [1.807, 2.05) is 36.6 Å². The molecule has 1 aromatic carbocycles. The lowest BCUT2D eigenvalue weighted by Crippen LogP contribution is -2.51. The van der Waals surface area contributed by atoms with Gasteiger partial charge < -0.3 is 4.90 Å². The molecule has 0 bridgehead atoms. The molecule has 126 valence electrons. The minimum absolute atomic E-state index is 0.0417. The lowest BCUT2D eigenvalue weighted by atomic mass is 9.81. The smallest absolute Gasteiger partial charge is 0.230 e. The zero-order valence-corrected chi connectivity index (χ0v) is 15.0. The summed E-state index contributed by atoms with van der Waals surface area (Å²) >= 11 is 1.83. The Morgan fingerprint density at radius 1 is 1.12 bits per heavy atom. The van der Waals surface area contributed by atoms with Crippen molar-refractivity contribution in [1.82, 2.24) is 9.80 Å². The summed E-state index contributed by atoms with van der Waals surface area (Å²) in [4.78, 5) is 18.9. The van der Waals surface area contributed by atoms with Crippen LogP contribution in [-0.2, 0) is 11.3 Å². The van der Waals surface area contributed by atoms with Crippen LogP contribution in [0.1, 0.15) is 35.6 Å². The van der Waals surface area contributed by atoms with Crippen molar-refractivity contribution in [1.29, 1.82) is 0 Å². The van der Waals surface area contributed by atoms with E-state index in [-0.39, 0.29) is 11.5 Å². The lowest BCUT2D eigenvalue weighted by Gasteiger charge is -2.43. The van der Waals surface area contributed by atoms with E-state index in [1.165, 1.54) is 10.4 Å². The van der Waals surface area contributed by atoms with Crippen molar-refractivity contribution in [2.75, 3.05) is 20.1 Å². The molecule has 24 heavy (non-hydrogen) atoms. The third kappa shape index (κ3) is 2.78. The predicted molar refractivity (Wildman–Crippen MR) is 98.1 cm³/mol. The molecule has 1 amide bonds. The Balaban J connectivity index is 1.45. The van der Waals surface area contributed by atoms with Crippen molar-refractivity contribution < 1.29 is 4.79 Å². The molecule has 2 aliphatic heterocycles. The maximum atomic E-state index is 12.8. The van der Waals surface area contributed by atoms with Crippen molar-refractivity contribution >= 4 is 17.2 Å². The largest absolute Gasteiger partial charge is 0.339 e. The van der Waals surface area contributed by atoms with Gasteiger partial charge >= 0.3 is 0 Å². The minimum Gasteiger partial charge on any atom is -0.339 e. The maximum Gasteiger partial charge on any atom is 0.230 e. The van der Waals surface area contributed by atoms with Crippen molar-refractivity contribution in [3.8, 4) is 0 Å². The molecule has 1 spiro atoms. The molecule has 2 saturated heterocycles. The zero-order valence-electron chi connectivity index (χ0n) is 14.1. The van der Waals surface area contributed by atoms with Gasteiger partial charge in [-0.3, -0.25) is 9.69 Å². The van der Waals surface area contributed by atoms with Crippen molar-refractivity contribution in [3.05, 3.63) is 58.3 Å². The van der Waals surface area contributed by atoms with Crippen LogP contribution in [0.2, 0.25) is 0 Å². The third-order valence-electron chi connectivity index (χ3n) is 5.87. The highest BCUT2D eigenvalue weighted by molar-refractivity contribution is 7.09. The van der Waals surface area contributed by atoms with Gasteiger partial charge in [0.2, 0.25) is 5.91 Å². The van der Waals surface area contributed by atoms with Gasteiger partial charge in [0.1, 0.15) is 0 Å². The molecule has 2 aromatic rings. The summed E-state index contributed by atoms with van der Waals surface area (Å²) < 4.78 is 0. The van der Waals surface area contributed by atoms with Crippen LogP contribution < -0.4 is 0 Å². The quantitative estimate of drug-likeness (QED) is 0.850. The monoisotopic (exact) mass is 340 g/mol. The van der Waals surface area contributed by atoms with Gasteiger partial charge in [0.05, 0.1) is 5.92 Å². The zero-order chi connectivity index (χ0) is 16.6. The number of likely N-dealkylation sites (tertiary alicyclic amines) is 2. The molecule has 2 fully saturated rings. The summed E-state index contributed by atoms with van der Waals surface area (Å²) in [5.41, 5.74) is 1.23. The van der Waals surface area contributed by atoms with Crippen LogP contribution >= 0.6 is 11.3 Å². The number of thiophene rings is 1. The highest BCUT2D eigenvalue weighted by atomic mass is 32.1. The van der Waals surface area contributed by atoms with Gasteiger partial charge in [-0.2, -0.15) is 0 Å². The number of benzene rings is 1. The molecular weight excluding hydrogens is 316 g/mol. The summed E-state index contributed by atoms with van der Waals surface area (Å²) in [6.07, 6.45) is 3.15. The minimum atomic E-state index is 0.0417. The second-order valence-corrected chi connectivity index (χ2v) is 8.18. The van der Waals surface area contributed by atoms with Gasteiger partial charge in [-0.15, -0.1) is 11.3 Å². The molecule has 2 aliphatic rings. The van der Waals surface area contributed by atoms with Crippen LogP contribution in [-0.4, -0.2) is 41.4 Å². The number of carbonyl (C=O) groups excluding carboxylic acids is 1. The Kier molecular flexibility index (Phi) is 4.19. The van der Waals surface area contributed by atoms with Crippen LogP contribution in [0.4, 0.5) is 0 Å². The standard InChI is InChI=1S/C20H24N2OS/c1-21-19(23)18(16-6-3-2-4-7-16)14-20(21)9-11-22(12-10-20)15-17-8-5-13-24-17/h2-8,13,18H,9-12,14-15H2,1H3/t18-/m1/s1. The fourth-order valence-electron chi connectivity index (χ4n) is 4.31. The van der Waals surface area contributed by atoms with Crippen LogP contribution in [0.25, 0.3) is 0 Å². The van der Waals surface area contributed by atoms with Crippen LogP contribution in [0.3, 0.4) is 0 Å². The van der Waals surface area contributed by atoms with E-state index in [0.717, 1.165) is 38.9 Å². The molecule has 0 unspecified atom stereocenters. The second-order valence-electron chi connectivity index (χ2n) is 7.14. The normalized spacial score (nSPS) is 24.0. The van der Waals surface area contributed by atoms with Crippen molar-refractivity contribution in [2.45, 2.75) is 37.3 Å². The van der Waals surface area contributed by atoms with Crippen LogP contribution in [0.15, 0.2) is 47.8 Å². The molecule has 3 heterocycles. The van der Waals surface area contributed by atoms with Gasteiger partial charge in [0.15, 0.2) is 0 Å². The number of piperidine rings is 1. The fraction of sp³-hybridized carbons (Fsp3) is 0.450. The third-order valence-corrected chi connectivity index (χ3v) is 6.73. The van der Waals surface area contributed by atoms with E-state index >= 15 is 0 Å². The summed E-state index contributed by atoms with van der Waals surface area (Å²) in [5, 5.41) is 2.15. The molecule has 0 N–H and O–H groups in total. The van der Waals surface area contributed by atoms with E-state index in [1.54, 1.807) is 0 Å². The van der Waals surface area contributed by atoms with Gasteiger partial charge in [-0.25, -0.2) is 0 Å². The van der Waals surface area contributed by atoms with E-state index in [9.17, 15) is 4.79 Å². The van der Waals surface area contributed by atoms with E-state index in [4.69, 9.17) is 0 Å². The van der Waals surface area contributed by atoms with Crippen molar-refractivity contribution in [2.24, 2.45) is 0 Å². The molecule has 4 heteroatoms. The molecule has 0 radical (unpaired) electrons. The summed E-state index contributed by atoms with van der Waals surface area (Å²) in [6, 6.07) is 14.6. The number of amides is 1. The van der Waals surface area contributed by atoms with Gasteiger partial charge in [0, 0.05) is 37.1 Å². The lowest BCUT2D eigenvalue weighted by molar-refractivity contribution is -0.131. The van der Waals surface area contributed by atoms with E-state index in [0.29, 0.717) is 5.91 Å². The van der Waals surface area contributed by atoms with Crippen LogP contribution in [0.5, 0.6) is 0 Å². The number of likely N-dealkylation sites (N-methyl/N-ethyl adjacent to an activating group) is 1. The maximum absolute atomic E-state index is 12.8. The summed E-state index contributed by atoms with van der Waals surface area (Å²) in [5.74, 6) is 0.341. The fourth-order valence-corrected chi connectivity index (χ4v) is 5.05. The Labute approximate surface area is 147 Å². The van der Waals surface area contributed by atoms with Gasteiger partial charge in [0.25, 0.3) is 0 Å². The number of rotatable bonds is 3. The first-order valence-electron chi connectivity index (χ1n) is 8.75. The number of hydrogen-bond donors (Lipinski definition) is 0. The number of hydrogen-bond acceptors (Lipinski definition) is 3. The number of carbonyl (C=O) groups is 1. The predicted octanol–water partition coefficient (Wildman–Crippen LogP) is 3.73. The average Bonchev–Trinajstić information content (AvgIpc) is 3.21. The molecule has 1 atom stereocenters. The first kappa shape index (κ1) is 15.9. The Morgan fingerprint density at radius 2 is 1.88 bits per heavy atom. The highest BCUT2D eigenvalue weighted by Crippen LogP contribution is 2.44. The Bertz CT molecular complexity index is 690. The van der Waals surface area contributed by atoms with Crippen molar-refractivity contribution in [3.63, 3.8) is 0 Å². The Morgan fingerprint density at radius 3 is 2.54 bits per heavy atom. The van der Waals surface area contributed by atoms with E-state index < -0.39 is 0 Å². The second kappa shape index (κ2) is 6.34. The van der Waals surface area contributed by atoms with Gasteiger partial charge in [-0.1, -0.05) is 36.4 Å². The topological polar surface area (TPSA) is 23.6 Å². The Hall–Kier alpha value is -1.65. The van der Waals surface area contributed by atoms with E-state index in [2.05, 4.69) is 39.4 Å². The average molecular weight is 340 g/mol. The van der Waals surface area contributed by atoms with Gasteiger partial charge in [-0.05, 0) is 36.3 Å². The molecule has 4 rings (SSSR count). The molecule has 0 aliphatic carbocycles. The molecular formula is C20H24N2OS.